The first-order valence-electron chi connectivity index (χ1n) is 11.7. The first-order valence-corrected chi connectivity index (χ1v) is 11.7. The van der Waals surface area contributed by atoms with Crippen molar-refractivity contribution >= 4 is 12.0 Å². The molecule has 168 valence electrons. The largest absolute Gasteiger partial charge is 0.461 e. The number of nitrogens with one attached hydrogen (secondary N) is 2. The second-order valence-corrected chi connectivity index (χ2v) is 9.07. The number of amides is 2. The molecule has 2 aliphatic rings. The molecule has 0 aromatic heterocycles. The van der Waals surface area contributed by atoms with E-state index in [4.69, 9.17) is 4.74 Å². The molecule has 2 amide bonds. The van der Waals surface area contributed by atoms with Gasteiger partial charge in [0.2, 0.25) is 0 Å². The van der Waals surface area contributed by atoms with Gasteiger partial charge in [-0.05, 0) is 61.8 Å². The van der Waals surface area contributed by atoms with Gasteiger partial charge in [-0.1, -0.05) is 58.0 Å². The van der Waals surface area contributed by atoms with Gasteiger partial charge >= 0.3 is 12.0 Å². The van der Waals surface area contributed by atoms with Gasteiger partial charge in [0.15, 0.2) is 0 Å². The lowest BCUT2D eigenvalue weighted by molar-refractivity contribution is -0.145. The van der Waals surface area contributed by atoms with Crippen molar-refractivity contribution in [2.45, 2.75) is 84.8 Å². The fourth-order valence-corrected chi connectivity index (χ4v) is 5.39. The molecular formula is C25H40N2O3. The third-order valence-electron chi connectivity index (χ3n) is 6.09. The summed E-state index contributed by atoms with van der Waals surface area (Å²) >= 11 is 0. The van der Waals surface area contributed by atoms with Crippen LogP contribution >= 0.6 is 0 Å². The van der Waals surface area contributed by atoms with Gasteiger partial charge in [-0.25, -0.2) is 4.79 Å². The number of fused-ring (bicyclic) bond motifs is 2. The van der Waals surface area contributed by atoms with Crippen molar-refractivity contribution in [2.75, 3.05) is 6.54 Å². The highest BCUT2D eigenvalue weighted by Crippen LogP contribution is 2.47. The maximum absolute atomic E-state index is 12.4. The molecule has 0 radical (unpaired) electrons. The second-order valence-electron chi connectivity index (χ2n) is 9.07. The average Bonchev–Trinajstić information content (AvgIpc) is 2.70. The number of carbonyl (C=O) groups excluding carboxylic acids is 2. The third-order valence-corrected chi connectivity index (χ3v) is 6.09. The number of hydrogen-bond donors (Lipinski definition) is 2. The number of carbonyl (C=O) groups is 2. The van der Waals surface area contributed by atoms with E-state index < -0.39 is 0 Å². The summed E-state index contributed by atoms with van der Waals surface area (Å²) in [6, 6.07) is 9.55. The molecule has 0 heterocycles. The van der Waals surface area contributed by atoms with E-state index in [1.54, 1.807) is 0 Å². The topological polar surface area (TPSA) is 67.4 Å². The minimum Gasteiger partial charge on any atom is -0.461 e. The summed E-state index contributed by atoms with van der Waals surface area (Å²) in [6.07, 6.45) is 6.75. The Balaban J connectivity index is 0.00000155. The van der Waals surface area contributed by atoms with E-state index in [1.807, 2.05) is 44.2 Å². The Kier molecular flexibility index (Phi) is 9.67. The van der Waals surface area contributed by atoms with Gasteiger partial charge in [-0.3, -0.25) is 4.79 Å². The van der Waals surface area contributed by atoms with Gasteiger partial charge < -0.3 is 15.4 Å². The Morgan fingerprint density at radius 2 is 1.67 bits per heavy atom. The number of urea groups is 1. The van der Waals surface area contributed by atoms with E-state index in [2.05, 4.69) is 24.5 Å². The highest BCUT2D eigenvalue weighted by atomic mass is 16.5. The van der Waals surface area contributed by atoms with Crippen LogP contribution in [-0.4, -0.2) is 24.1 Å². The number of esters is 1. The van der Waals surface area contributed by atoms with E-state index in [1.165, 1.54) is 12.8 Å². The van der Waals surface area contributed by atoms with Gasteiger partial charge in [0.1, 0.15) is 6.61 Å². The summed E-state index contributed by atoms with van der Waals surface area (Å²) in [5.74, 6) is 1.86. The van der Waals surface area contributed by atoms with Crippen LogP contribution in [-0.2, 0) is 16.1 Å². The normalized spacial score (nSPS) is 27.3. The Hall–Kier alpha value is -2.04. The fourth-order valence-electron chi connectivity index (χ4n) is 5.39. The molecule has 2 bridgehead atoms. The van der Waals surface area contributed by atoms with Crippen LogP contribution in [0.15, 0.2) is 30.3 Å². The molecule has 2 N–H and O–H groups in total. The lowest BCUT2D eigenvalue weighted by Crippen LogP contribution is -2.58. The summed E-state index contributed by atoms with van der Waals surface area (Å²) in [4.78, 5) is 24.3. The van der Waals surface area contributed by atoms with Crippen molar-refractivity contribution in [3.05, 3.63) is 35.9 Å². The van der Waals surface area contributed by atoms with Gasteiger partial charge in [-0.2, -0.15) is 0 Å². The molecule has 5 heteroatoms. The monoisotopic (exact) mass is 416 g/mol. The predicted molar refractivity (Wildman–Crippen MR) is 121 cm³/mol. The van der Waals surface area contributed by atoms with Gasteiger partial charge in [0.05, 0.1) is 0 Å². The van der Waals surface area contributed by atoms with Crippen molar-refractivity contribution in [1.82, 2.24) is 10.6 Å². The molecule has 2 fully saturated rings. The lowest BCUT2D eigenvalue weighted by Gasteiger charge is -2.50. The Bertz CT molecular complexity index is 642. The van der Waals surface area contributed by atoms with Crippen LogP contribution in [0.4, 0.5) is 4.79 Å². The smallest absolute Gasteiger partial charge is 0.315 e. The summed E-state index contributed by atoms with van der Waals surface area (Å²) < 4.78 is 5.27. The third kappa shape index (κ3) is 7.66. The molecule has 1 aromatic carbocycles. The van der Waals surface area contributed by atoms with Gasteiger partial charge in [0.25, 0.3) is 0 Å². The molecule has 30 heavy (non-hydrogen) atoms. The van der Waals surface area contributed by atoms with Crippen LogP contribution in [0.3, 0.4) is 0 Å². The first-order chi connectivity index (χ1) is 14.4. The van der Waals surface area contributed by atoms with Crippen molar-refractivity contribution in [3.8, 4) is 0 Å². The number of rotatable bonds is 7. The molecule has 2 aliphatic carbocycles. The van der Waals surface area contributed by atoms with Crippen LogP contribution in [0.5, 0.6) is 0 Å². The molecule has 0 aliphatic heterocycles. The second kappa shape index (κ2) is 12.0. The van der Waals surface area contributed by atoms with E-state index >= 15 is 0 Å². The summed E-state index contributed by atoms with van der Waals surface area (Å²) in [5, 5.41) is 6.22. The zero-order valence-electron chi connectivity index (χ0n) is 19.2. The summed E-state index contributed by atoms with van der Waals surface area (Å²) in [7, 11) is 0. The summed E-state index contributed by atoms with van der Waals surface area (Å²) in [5.41, 5.74) is 0.938. The molecule has 0 spiro atoms. The molecule has 5 nitrogen and oxygen atoms in total. The van der Waals surface area contributed by atoms with Crippen LogP contribution in [0.25, 0.3) is 0 Å². The number of hydrogen-bond acceptors (Lipinski definition) is 3. The van der Waals surface area contributed by atoms with Crippen LogP contribution < -0.4 is 10.6 Å². The Morgan fingerprint density at radius 3 is 2.30 bits per heavy atom. The van der Waals surface area contributed by atoms with E-state index in [-0.39, 0.29) is 17.5 Å². The predicted octanol–water partition coefficient (Wildman–Crippen LogP) is 5.44. The van der Waals surface area contributed by atoms with Crippen molar-refractivity contribution in [1.29, 1.82) is 0 Å². The maximum Gasteiger partial charge on any atom is 0.315 e. The van der Waals surface area contributed by atoms with Crippen molar-refractivity contribution in [2.24, 2.45) is 17.8 Å². The quantitative estimate of drug-likeness (QED) is 0.459. The molecule has 2 atom stereocenters. The Labute approximate surface area is 182 Å². The minimum absolute atomic E-state index is 0.0430. The van der Waals surface area contributed by atoms with Crippen LogP contribution in [0, 0.1) is 17.8 Å². The molecule has 2 unspecified atom stereocenters. The molecule has 2 saturated carbocycles. The van der Waals surface area contributed by atoms with Gasteiger partial charge in [0, 0.05) is 18.5 Å². The Morgan fingerprint density at radius 1 is 1.03 bits per heavy atom. The molecule has 1 aromatic rings. The number of ether oxygens (including phenoxy) is 1. The van der Waals surface area contributed by atoms with E-state index in [0.717, 1.165) is 30.7 Å². The standard InChI is InChI=1S/C23H34N2O3.C2H6/c1-17-11-20-12-18(2)14-23(13-17,15-20)25-22(27)24-10-6-9-21(26)28-16-19-7-4-3-5-8-19;1-2/h3-5,7-8,17-18,20H,6,9-16H2,1-2H3,(H2,24,25,27);1-2H3. The van der Waals surface area contributed by atoms with Crippen molar-refractivity contribution < 1.29 is 14.3 Å². The zero-order valence-corrected chi connectivity index (χ0v) is 19.2. The fraction of sp³-hybridized carbons (Fsp3) is 0.680. The van der Waals surface area contributed by atoms with Gasteiger partial charge in [-0.15, -0.1) is 0 Å². The molecule has 0 saturated heterocycles. The average molecular weight is 417 g/mol. The lowest BCUT2D eigenvalue weighted by atomic mass is 9.61. The van der Waals surface area contributed by atoms with E-state index in [0.29, 0.717) is 37.8 Å². The maximum atomic E-state index is 12.4. The number of benzene rings is 1. The summed E-state index contributed by atoms with van der Waals surface area (Å²) in [6.45, 7) is 9.39. The highest BCUT2D eigenvalue weighted by molar-refractivity contribution is 5.75. The molecule has 3 rings (SSSR count). The SMILES string of the molecule is CC.CC1CC2CC(C)CC(NC(=O)NCCCC(=O)OCc3ccccc3)(C1)C2. The molecular weight excluding hydrogens is 376 g/mol. The minimum atomic E-state index is -0.227. The highest BCUT2D eigenvalue weighted by Gasteiger charge is 2.45. The van der Waals surface area contributed by atoms with E-state index in [9.17, 15) is 9.59 Å². The zero-order chi connectivity index (χ0) is 22.0. The first kappa shape index (κ1) is 24.2. The van der Waals surface area contributed by atoms with Crippen molar-refractivity contribution in [3.63, 3.8) is 0 Å². The van der Waals surface area contributed by atoms with Crippen LogP contribution in [0.1, 0.15) is 78.2 Å². The van der Waals surface area contributed by atoms with Crippen LogP contribution in [0.2, 0.25) is 0 Å².